The van der Waals surface area contributed by atoms with Gasteiger partial charge in [-0.15, -0.1) is 0 Å². The van der Waals surface area contributed by atoms with Gasteiger partial charge in [-0.2, -0.15) is 0 Å². The molecule has 106 valence electrons. The molecule has 2 aromatic rings. The first-order valence-electron chi connectivity index (χ1n) is 8.79. The van der Waals surface area contributed by atoms with Crippen LogP contribution >= 0.6 is 0 Å². The van der Waals surface area contributed by atoms with E-state index in [4.69, 9.17) is 13.0 Å². The van der Waals surface area contributed by atoms with Crippen LogP contribution < -0.4 is 0 Å². The quantitative estimate of drug-likeness (QED) is 0.578. The van der Waals surface area contributed by atoms with Gasteiger partial charge in [-0.3, -0.25) is 0 Å². The highest BCUT2D eigenvalue weighted by atomic mass is 16.6. The number of nitro groups is 1. The van der Waals surface area contributed by atoms with Gasteiger partial charge >= 0.3 is 5.82 Å². The summed E-state index contributed by atoms with van der Waals surface area (Å²) in [5.74, 6) is -0.945. The average molecular weight is 281 g/mol. The lowest BCUT2D eigenvalue weighted by molar-refractivity contribution is -0.392. The van der Waals surface area contributed by atoms with E-state index in [9.17, 15) is 10.1 Å². The maximum absolute atomic E-state index is 11.1. The largest absolute Gasteiger partial charge is 0.377 e. The van der Waals surface area contributed by atoms with Gasteiger partial charge in [-0.05, 0) is 10.5 Å². The zero-order valence-corrected chi connectivity index (χ0v) is 10.7. The number of nitrogens with zero attached hydrogens (tertiary/aromatic N) is 3. The number of hydrogen-bond donors (Lipinski definition) is 0. The molecule has 0 saturated carbocycles. The Balaban J connectivity index is 2.37. The van der Waals surface area contributed by atoms with E-state index in [0.717, 1.165) is 6.20 Å². The fraction of sp³-hybridized carbons (Fsp3) is 0.357. The fourth-order valence-corrected chi connectivity index (χ4v) is 1.51. The van der Waals surface area contributed by atoms with Crippen molar-refractivity contribution < 1.29 is 17.9 Å². The molecule has 0 bridgehead atoms. The molecule has 0 saturated heterocycles. The van der Waals surface area contributed by atoms with Crippen LogP contribution in [0.1, 0.15) is 26.0 Å². The zero-order valence-electron chi connectivity index (χ0n) is 16.7. The average Bonchev–Trinajstić information content (AvgIpc) is 2.96. The van der Waals surface area contributed by atoms with Crippen LogP contribution in [0.15, 0.2) is 36.5 Å². The lowest BCUT2D eigenvalue weighted by atomic mass is 10.2. The van der Waals surface area contributed by atoms with Crippen LogP contribution in [0.2, 0.25) is 0 Å². The monoisotopic (exact) mass is 281 g/mol. The molecule has 0 spiro atoms. The molecule has 0 unspecified atom stereocenters. The number of benzene rings is 1. The number of ether oxygens (including phenoxy) is 1. The number of imidazole rings is 1. The minimum Gasteiger partial charge on any atom is -0.377 e. The summed E-state index contributed by atoms with van der Waals surface area (Å²) in [6, 6.07) is 8.42. The first kappa shape index (κ1) is 8.16. The predicted molar refractivity (Wildman–Crippen MR) is 74.3 cm³/mol. The van der Waals surface area contributed by atoms with E-state index in [1.54, 1.807) is 30.3 Å². The smallest absolute Gasteiger partial charge is 0.342 e. The lowest BCUT2D eigenvalue weighted by Gasteiger charge is -2.05. The van der Waals surface area contributed by atoms with E-state index in [1.165, 1.54) is 6.92 Å². The van der Waals surface area contributed by atoms with Gasteiger partial charge in [-0.1, -0.05) is 30.3 Å². The molecule has 0 aliphatic carbocycles. The Bertz CT molecular complexity index is 794. The lowest BCUT2D eigenvalue weighted by Crippen LogP contribution is -2.07. The molecule has 1 aromatic carbocycles. The second-order valence-corrected chi connectivity index (χ2v) is 3.87. The van der Waals surface area contributed by atoms with Crippen molar-refractivity contribution in [3.63, 3.8) is 0 Å². The molecule has 0 atom stereocenters. The summed E-state index contributed by atoms with van der Waals surface area (Å²) in [5.41, 5.74) is 0.567. The van der Waals surface area contributed by atoms with Gasteiger partial charge in [0.25, 0.3) is 0 Å². The van der Waals surface area contributed by atoms with E-state index >= 15 is 0 Å². The van der Waals surface area contributed by atoms with Crippen LogP contribution in [0.3, 0.4) is 0 Å². The Labute approximate surface area is 125 Å². The Hall–Kier alpha value is -2.21. The van der Waals surface area contributed by atoms with Crippen molar-refractivity contribution >= 4 is 5.82 Å². The third kappa shape index (κ3) is 3.64. The van der Waals surface area contributed by atoms with Gasteiger partial charge in [0.2, 0.25) is 0 Å². The molecule has 6 nitrogen and oxygen atoms in total. The molecule has 20 heavy (non-hydrogen) atoms. The topological polar surface area (TPSA) is 70.2 Å². The Kier molecular flexibility index (Phi) is 2.78. The van der Waals surface area contributed by atoms with Crippen molar-refractivity contribution in [1.82, 2.24) is 9.55 Å². The first-order valence-corrected chi connectivity index (χ1v) is 5.79. The van der Waals surface area contributed by atoms with Crippen LogP contribution in [-0.2, 0) is 17.8 Å². The maximum Gasteiger partial charge on any atom is 0.342 e. The molecule has 1 aromatic heterocycles. The third-order valence-electron chi connectivity index (χ3n) is 2.48. The van der Waals surface area contributed by atoms with Gasteiger partial charge in [0.15, 0.2) is 5.82 Å². The van der Waals surface area contributed by atoms with E-state index < -0.39 is 30.2 Å². The highest BCUT2D eigenvalue weighted by Crippen LogP contribution is 2.14. The molecule has 0 fully saturated rings. The number of rotatable bonds is 7. The number of aryl methyl sites for hydroxylation is 1. The molecule has 0 N–H and O–H groups in total. The van der Waals surface area contributed by atoms with E-state index in [1.807, 2.05) is 0 Å². The van der Waals surface area contributed by atoms with Crippen LogP contribution in [0, 0.1) is 17.0 Å². The molecule has 6 heteroatoms. The second-order valence-electron chi connectivity index (χ2n) is 3.87. The summed E-state index contributed by atoms with van der Waals surface area (Å²) in [6.07, 6.45) is -2.48. The summed E-state index contributed by atoms with van der Waals surface area (Å²) in [6.45, 7) is -5.26. The molecule has 0 aliphatic heterocycles. The van der Waals surface area contributed by atoms with Crippen LogP contribution in [0.4, 0.5) is 5.82 Å². The molecular formula is C14H17N3O3. The van der Waals surface area contributed by atoms with Crippen molar-refractivity contribution in [1.29, 1.82) is 0 Å². The standard InChI is InChI=1S/C14H17N3O3/c1-12-15-10-14(17(18)19)16(12)8-5-9-20-11-13-6-3-2-4-7-13/h2-4,6-7,10H,5,8-9,11H2,1H3/i5D2,8D2,9D2. The summed E-state index contributed by atoms with van der Waals surface area (Å²) >= 11 is 0. The van der Waals surface area contributed by atoms with Crippen molar-refractivity contribution in [2.24, 2.45) is 0 Å². The normalized spacial score (nSPS) is 17.2. The maximum atomic E-state index is 11.1. The van der Waals surface area contributed by atoms with Crippen molar-refractivity contribution in [2.45, 2.75) is 26.4 Å². The zero-order chi connectivity index (χ0) is 19.8. The molecule has 2 rings (SSSR count). The summed E-state index contributed by atoms with van der Waals surface area (Å²) in [7, 11) is 0. The summed E-state index contributed by atoms with van der Waals surface area (Å²) in [4.78, 5) is 13.8. The van der Waals surface area contributed by atoms with E-state index in [-0.39, 0.29) is 12.4 Å². The second kappa shape index (κ2) is 6.81. The fourth-order valence-electron chi connectivity index (χ4n) is 1.51. The van der Waals surface area contributed by atoms with Crippen LogP contribution in [0.25, 0.3) is 0 Å². The molecular weight excluding hydrogens is 258 g/mol. The molecule has 0 radical (unpaired) electrons. The number of hydrogen-bond acceptors (Lipinski definition) is 4. The highest BCUT2D eigenvalue weighted by molar-refractivity contribution is 5.18. The van der Waals surface area contributed by atoms with Crippen LogP contribution in [0.5, 0.6) is 0 Å². The van der Waals surface area contributed by atoms with Crippen molar-refractivity contribution in [3.8, 4) is 0 Å². The summed E-state index contributed by atoms with van der Waals surface area (Å²) < 4.78 is 53.5. The molecule has 1 heterocycles. The van der Waals surface area contributed by atoms with Gasteiger partial charge in [0.05, 0.1) is 25.1 Å². The minimum atomic E-state index is -3.27. The minimum absolute atomic E-state index is 0.163. The highest BCUT2D eigenvalue weighted by Gasteiger charge is 2.16. The Morgan fingerprint density at radius 2 is 2.20 bits per heavy atom. The molecule has 0 amide bonds. The van der Waals surface area contributed by atoms with Gasteiger partial charge in [0.1, 0.15) is 6.20 Å². The van der Waals surface area contributed by atoms with Crippen molar-refractivity contribution in [2.75, 3.05) is 6.56 Å². The SMILES string of the molecule is [2H]C([2H])(OCc1ccccc1)C([2H])([2H])C([2H])([2H])n1c([N+](=O)[O-])cnc1C. The Morgan fingerprint density at radius 3 is 2.90 bits per heavy atom. The van der Waals surface area contributed by atoms with Crippen LogP contribution in [-0.4, -0.2) is 21.0 Å². The van der Waals surface area contributed by atoms with Gasteiger partial charge < -0.3 is 14.9 Å². The van der Waals surface area contributed by atoms with Gasteiger partial charge in [0, 0.05) is 16.0 Å². The number of aromatic nitrogens is 2. The van der Waals surface area contributed by atoms with E-state index in [0.29, 0.717) is 10.1 Å². The van der Waals surface area contributed by atoms with E-state index in [2.05, 4.69) is 4.98 Å². The Morgan fingerprint density at radius 1 is 1.45 bits per heavy atom. The third-order valence-corrected chi connectivity index (χ3v) is 2.48. The summed E-state index contributed by atoms with van der Waals surface area (Å²) in [5, 5.41) is 11.1. The predicted octanol–water partition coefficient (Wildman–Crippen LogP) is 2.71. The first-order chi connectivity index (χ1) is 11.9. The van der Waals surface area contributed by atoms with Crippen molar-refractivity contribution in [3.05, 3.63) is 58.0 Å². The molecule has 0 aliphatic rings. The van der Waals surface area contributed by atoms with Gasteiger partial charge in [-0.25, -0.2) is 9.55 Å².